The zero-order valence-electron chi connectivity index (χ0n) is 34.2. The lowest BCUT2D eigenvalue weighted by molar-refractivity contribution is -0.0357. The van der Waals surface area contributed by atoms with Gasteiger partial charge in [0.25, 0.3) is 0 Å². The van der Waals surface area contributed by atoms with Crippen LogP contribution in [0.15, 0.2) is 0 Å². The van der Waals surface area contributed by atoms with Crippen LogP contribution in [-0.4, -0.2) is 123 Å². The molecule has 12 nitrogen and oxygen atoms in total. The molecule has 0 aromatic heterocycles. The monoisotopic (exact) mass is 872 g/mol. The van der Waals surface area contributed by atoms with Gasteiger partial charge in [-0.05, 0) is 76.0 Å². The summed E-state index contributed by atoms with van der Waals surface area (Å²) in [6.45, 7) is 9.09. The van der Waals surface area contributed by atoms with Crippen LogP contribution in [0.25, 0.3) is 0 Å². The fourth-order valence-electron chi connectivity index (χ4n) is 4.91. The zero-order chi connectivity index (χ0) is 42.8. The van der Waals surface area contributed by atoms with Crippen LogP contribution in [-0.2, 0) is 53.1 Å². The second-order valence-electron chi connectivity index (χ2n) is 12.8. The lowest BCUT2D eigenvalue weighted by Crippen LogP contribution is -2.51. The second kappa shape index (κ2) is 32.0. The Bertz CT molecular complexity index is 1180. The van der Waals surface area contributed by atoms with Crippen LogP contribution < -0.4 is 0 Å². The summed E-state index contributed by atoms with van der Waals surface area (Å²) in [5.41, 5.74) is 0. The Morgan fingerprint density at radius 3 is 0.579 bits per heavy atom. The minimum absolute atomic E-state index is 0.0945. The molecule has 0 aliphatic heterocycles. The minimum atomic E-state index is -3.91. The maximum absolute atomic E-state index is 6.51. The first kappa shape index (κ1) is 54.1. The van der Waals surface area contributed by atoms with Gasteiger partial charge in [-0.25, -0.2) is 0 Å². The molecule has 0 fully saturated rings. The van der Waals surface area contributed by atoms with Gasteiger partial charge in [0.05, 0.1) is 52.9 Å². The molecule has 0 aromatic rings. The lowest BCUT2D eigenvalue weighted by Gasteiger charge is -2.31. The van der Waals surface area contributed by atoms with E-state index in [2.05, 4.69) is 47.4 Å². The smallest absolute Gasteiger partial charge is 0.383 e. The Morgan fingerprint density at radius 2 is 0.439 bits per heavy atom. The maximum Gasteiger partial charge on any atom is 0.679 e. The highest BCUT2D eigenvalue weighted by Gasteiger charge is 2.47. The van der Waals surface area contributed by atoms with Gasteiger partial charge in [-0.2, -0.15) is 0 Å². The third-order valence-electron chi connectivity index (χ3n) is 7.90. The average Bonchev–Trinajstić information content (AvgIpc) is 3.21. The number of terminal acetylenes is 8. The van der Waals surface area contributed by atoms with Gasteiger partial charge in [-0.15, -0.1) is 51.4 Å². The predicted molar refractivity (Wildman–Crippen MR) is 232 cm³/mol. The third kappa shape index (κ3) is 25.9. The van der Waals surface area contributed by atoms with Gasteiger partial charge in [0.1, 0.15) is 0 Å². The summed E-state index contributed by atoms with van der Waals surface area (Å²) in [5.74, 6) is 19.9. The molecule has 0 radical (unpaired) electrons. The van der Waals surface area contributed by atoms with Crippen molar-refractivity contribution in [2.24, 2.45) is 0 Å². The van der Waals surface area contributed by atoms with E-state index in [1.807, 2.05) is 26.2 Å². The van der Waals surface area contributed by atoms with Crippen molar-refractivity contribution in [3.63, 3.8) is 0 Å². The molecule has 0 atom stereocenters. The predicted octanol–water partition coefficient (Wildman–Crippen LogP) is 4.54. The molecule has 0 aliphatic carbocycles. The Hall–Kier alpha value is -2.92. The van der Waals surface area contributed by atoms with Gasteiger partial charge in [0.15, 0.2) is 0 Å². The highest BCUT2D eigenvalue weighted by Crippen LogP contribution is 2.24. The largest absolute Gasteiger partial charge is 0.679 e. The fourth-order valence-corrected chi connectivity index (χ4v) is 14.7. The van der Waals surface area contributed by atoms with E-state index in [-0.39, 0.29) is 79.3 Å². The first-order valence-electron chi connectivity index (χ1n) is 18.5. The van der Waals surface area contributed by atoms with E-state index in [0.717, 1.165) is 0 Å². The summed E-state index contributed by atoms with van der Waals surface area (Å²) in [5, 5.41) is 0. The molecule has 0 aliphatic rings. The summed E-state index contributed by atoms with van der Waals surface area (Å²) >= 11 is 0. The van der Waals surface area contributed by atoms with Gasteiger partial charge in [0, 0.05) is 26.4 Å². The van der Waals surface area contributed by atoms with E-state index in [1.54, 1.807) is 0 Å². The van der Waals surface area contributed by atoms with E-state index in [4.69, 9.17) is 104 Å². The van der Waals surface area contributed by atoms with E-state index in [9.17, 15) is 0 Å². The van der Waals surface area contributed by atoms with Crippen molar-refractivity contribution in [2.75, 3.05) is 79.3 Å². The van der Waals surface area contributed by atoms with Crippen LogP contribution in [0.4, 0.5) is 0 Å². The van der Waals surface area contributed by atoms with Crippen LogP contribution in [0.2, 0.25) is 50.4 Å². The summed E-state index contributed by atoms with van der Waals surface area (Å²) in [7, 11) is -14.9. The molecule has 57 heavy (non-hydrogen) atoms. The van der Waals surface area contributed by atoms with Gasteiger partial charge < -0.3 is 53.1 Å². The van der Waals surface area contributed by atoms with Crippen molar-refractivity contribution in [3.8, 4) is 98.8 Å². The quantitative estimate of drug-likeness (QED) is 0.0502. The van der Waals surface area contributed by atoms with Crippen molar-refractivity contribution in [3.05, 3.63) is 0 Å². The molecule has 0 saturated heterocycles. The molecule has 0 heterocycles. The summed E-state index contributed by atoms with van der Waals surface area (Å²) in [4.78, 5) is 0. The van der Waals surface area contributed by atoms with Crippen molar-refractivity contribution < 1.29 is 53.1 Å². The molecule has 0 bridgehead atoms. The highest BCUT2D eigenvalue weighted by atomic mass is 28.4. The molecule has 0 spiro atoms. The standard InChI is InChI=1S/C40H60O12Si5/c1-13-25-41-53(9,42-26-14-2)37-21-33-49-57(50-34-22-38-54(10,43-27-15-3)44-28-16-4,51-35-23-39-55(11,45-29-17-5)46-30-18-6)52-36-24-40-56(12,47-31-19-7)48-32-20-8/h1-8H,21-40H2,9-12H3. The molecule has 0 aromatic carbocycles. The number of hydrogen-bond donors (Lipinski definition) is 0. The SMILES string of the molecule is C#CCO[Si](C)(CCCO[Si](OCCC[Si](C)(OCC#C)OCC#C)(OCCC[Si](C)(OCC#C)OCC#C)OCCC[Si](C)(OCC#C)OCC#C)OCC#C. The van der Waals surface area contributed by atoms with Crippen molar-refractivity contribution in [1.29, 1.82) is 0 Å². The average molecular weight is 873 g/mol. The first-order chi connectivity index (χ1) is 27.3. The minimum Gasteiger partial charge on any atom is -0.383 e. The Labute approximate surface area is 349 Å². The molecule has 0 rings (SSSR count). The van der Waals surface area contributed by atoms with Crippen molar-refractivity contribution >= 4 is 43.3 Å². The van der Waals surface area contributed by atoms with Gasteiger partial charge in [-0.3, -0.25) is 0 Å². The molecule has 0 saturated carbocycles. The van der Waals surface area contributed by atoms with E-state index >= 15 is 0 Å². The zero-order valence-corrected chi connectivity index (χ0v) is 39.2. The van der Waals surface area contributed by atoms with Crippen LogP contribution in [0.5, 0.6) is 0 Å². The van der Waals surface area contributed by atoms with E-state index in [0.29, 0.717) is 49.9 Å². The lowest BCUT2D eigenvalue weighted by atomic mass is 10.5. The van der Waals surface area contributed by atoms with Gasteiger partial charge in [0.2, 0.25) is 0 Å². The number of hydrogen-bond acceptors (Lipinski definition) is 12. The highest BCUT2D eigenvalue weighted by molar-refractivity contribution is 6.67. The Balaban J connectivity index is 6.42. The third-order valence-corrected chi connectivity index (χ3v) is 21.2. The Kier molecular flexibility index (Phi) is 30.4. The molecule has 17 heteroatoms. The normalized spacial score (nSPS) is 11.9. The first-order valence-corrected chi connectivity index (χ1v) is 30.2. The summed E-state index contributed by atoms with van der Waals surface area (Å²) in [6.07, 6.45) is 45.7. The fraction of sp³-hybridized carbons (Fsp3) is 0.600. The molecule has 0 unspecified atom stereocenters. The van der Waals surface area contributed by atoms with Crippen LogP contribution in [0.3, 0.4) is 0 Å². The van der Waals surface area contributed by atoms with Crippen LogP contribution in [0, 0.1) is 98.8 Å². The number of rotatable bonds is 36. The van der Waals surface area contributed by atoms with Crippen LogP contribution in [0.1, 0.15) is 25.7 Å². The second-order valence-corrected chi connectivity index (χ2v) is 28.3. The maximum atomic E-state index is 6.51. The molecular weight excluding hydrogens is 813 g/mol. The van der Waals surface area contributed by atoms with E-state index < -0.39 is 43.3 Å². The van der Waals surface area contributed by atoms with Gasteiger partial charge >= 0.3 is 43.3 Å². The summed E-state index contributed by atoms with van der Waals surface area (Å²) < 4.78 is 73.5. The van der Waals surface area contributed by atoms with Crippen molar-refractivity contribution in [1.82, 2.24) is 0 Å². The molecule has 0 amide bonds. The molecular formula is C40H60O12Si5. The summed E-state index contributed by atoms with van der Waals surface area (Å²) in [6, 6.07) is 2.09. The van der Waals surface area contributed by atoms with Gasteiger partial charge in [-0.1, -0.05) is 47.4 Å². The topological polar surface area (TPSA) is 111 Å². The van der Waals surface area contributed by atoms with E-state index in [1.165, 1.54) is 0 Å². The Morgan fingerprint density at radius 1 is 0.281 bits per heavy atom. The van der Waals surface area contributed by atoms with Crippen LogP contribution >= 0.6 is 0 Å². The molecule has 312 valence electrons. The molecule has 0 N–H and O–H groups in total. The van der Waals surface area contributed by atoms with Crippen molar-refractivity contribution in [2.45, 2.75) is 76.0 Å².